The van der Waals surface area contributed by atoms with Gasteiger partial charge in [-0.3, -0.25) is 4.90 Å². The van der Waals surface area contributed by atoms with Crippen molar-refractivity contribution in [2.75, 3.05) is 20.8 Å². The second kappa shape index (κ2) is 9.30. The minimum atomic E-state index is -2.93. The molecule has 0 bridgehead atoms. The fraction of sp³-hybridized carbons (Fsp3) is 0.364. The third kappa shape index (κ3) is 4.61. The van der Waals surface area contributed by atoms with Crippen molar-refractivity contribution in [3.8, 4) is 28.6 Å². The van der Waals surface area contributed by atoms with Gasteiger partial charge in [0.15, 0.2) is 11.5 Å². The normalized spacial score (nSPS) is 16.6. The Labute approximate surface area is 178 Å². The lowest BCUT2D eigenvalue weighted by atomic mass is 10.0. The fourth-order valence-electron chi connectivity index (χ4n) is 3.91. The molecule has 4 rings (SSSR count). The van der Waals surface area contributed by atoms with Gasteiger partial charge in [-0.05, 0) is 49.2 Å². The van der Waals surface area contributed by atoms with Gasteiger partial charge < -0.3 is 18.7 Å². The first-order valence-corrected chi connectivity index (χ1v) is 9.92. The topological polar surface area (TPSA) is 69.9 Å². The van der Waals surface area contributed by atoms with Crippen molar-refractivity contribution in [3.63, 3.8) is 0 Å². The molecule has 1 atom stereocenters. The zero-order valence-electron chi connectivity index (χ0n) is 17.3. The summed E-state index contributed by atoms with van der Waals surface area (Å²) < 4.78 is 46.1. The van der Waals surface area contributed by atoms with Gasteiger partial charge >= 0.3 is 6.61 Å². The molecule has 0 radical (unpaired) electrons. The minimum Gasteiger partial charge on any atom is -0.493 e. The summed E-state index contributed by atoms with van der Waals surface area (Å²) in [5.41, 5.74) is 1.47. The highest BCUT2D eigenvalue weighted by molar-refractivity contribution is 5.63. The van der Waals surface area contributed by atoms with E-state index in [-0.39, 0.29) is 17.6 Å². The largest absolute Gasteiger partial charge is 0.493 e. The SMILES string of the molecule is COc1ccc(C2CCCN2Cc2nc(-c3ccccc3OC(F)F)no2)cc1OC. The van der Waals surface area contributed by atoms with Gasteiger partial charge in [0.1, 0.15) is 5.75 Å². The third-order valence-electron chi connectivity index (χ3n) is 5.31. The number of ether oxygens (including phenoxy) is 3. The van der Waals surface area contributed by atoms with Gasteiger partial charge in [0.2, 0.25) is 11.7 Å². The predicted molar refractivity (Wildman–Crippen MR) is 108 cm³/mol. The van der Waals surface area contributed by atoms with Crippen LogP contribution >= 0.6 is 0 Å². The molecule has 7 nitrogen and oxygen atoms in total. The number of aromatic nitrogens is 2. The van der Waals surface area contributed by atoms with Crippen LogP contribution in [0.4, 0.5) is 8.78 Å². The van der Waals surface area contributed by atoms with E-state index in [2.05, 4.69) is 19.8 Å². The summed E-state index contributed by atoms with van der Waals surface area (Å²) in [7, 11) is 3.22. The Morgan fingerprint density at radius 2 is 1.90 bits per heavy atom. The first kappa shape index (κ1) is 21.0. The molecule has 1 unspecified atom stereocenters. The molecule has 0 N–H and O–H groups in total. The molecule has 2 aromatic carbocycles. The van der Waals surface area contributed by atoms with E-state index in [1.807, 2.05) is 18.2 Å². The first-order chi connectivity index (χ1) is 15.1. The number of likely N-dealkylation sites (tertiary alicyclic amines) is 1. The fourth-order valence-corrected chi connectivity index (χ4v) is 3.91. The lowest BCUT2D eigenvalue weighted by Crippen LogP contribution is -2.23. The molecule has 9 heteroatoms. The van der Waals surface area contributed by atoms with Crippen LogP contribution in [0.1, 0.15) is 30.3 Å². The van der Waals surface area contributed by atoms with Gasteiger partial charge in [-0.2, -0.15) is 13.8 Å². The summed E-state index contributed by atoms with van der Waals surface area (Å²) in [4.78, 5) is 6.66. The van der Waals surface area contributed by atoms with Crippen LogP contribution in [-0.2, 0) is 6.54 Å². The first-order valence-electron chi connectivity index (χ1n) is 9.92. The van der Waals surface area contributed by atoms with E-state index in [1.165, 1.54) is 6.07 Å². The molecule has 31 heavy (non-hydrogen) atoms. The van der Waals surface area contributed by atoms with Crippen LogP contribution in [0, 0.1) is 0 Å². The molecule has 1 saturated heterocycles. The Kier molecular flexibility index (Phi) is 6.31. The number of halogens is 2. The molecule has 1 aliphatic heterocycles. The quantitative estimate of drug-likeness (QED) is 0.512. The van der Waals surface area contributed by atoms with E-state index < -0.39 is 6.61 Å². The number of methoxy groups -OCH3 is 2. The highest BCUT2D eigenvalue weighted by Gasteiger charge is 2.28. The van der Waals surface area contributed by atoms with E-state index in [0.29, 0.717) is 29.5 Å². The van der Waals surface area contributed by atoms with Gasteiger partial charge in [0.05, 0.1) is 26.3 Å². The van der Waals surface area contributed by atoms with Crippen molar-refractivity contribution in [2.45, 2.75) is 32.0 Å². The van der Waals surface area contributed by atoms with Crippen molar-refractivity contribution in [1.82, 2.24) is 15.0 Å². The smallest absolute Gasteiger partial charge is 0.387 e. The van der Waals surface area contributed by atoms with Crippen LogP contribution < -0.4 is 14.2 Å². The van der Waals surface area contributed by atoms with Gasteiger partial charge in [-0.25, -0.2) is 0 Å². The molecular weight excluding hydrogens is 408 g/mol. The van der Waals surface area contributed by atoms with Crippen LogP contribution in [0.2, 0.25) is 0 Å². The van der Waals surface area contributed by atoms with E-state index in [9.17, 15) is 8.78 Å². The molecule has 2 heterocycles. The monoisotopic (exact) mass is 431 g/mol. The summed E-state index contributed by atoms with van der Waals surface area (Å²) in [6.07, 6.45) is 2.02. The van der Waals surface area contributed by atoms with Crippen LogP contribution in [-0.4, -0.2) is 42.4 Å². The van der Waals surface area contributed by atoms with Crippen LogP contribution in [0.15, 0.2) is 47.0 Å². The summed E-state index contributed by atoms with van der Waals surface area (Å²) >= 11 is 0. The maximum absolute atomic E-state index is 12.7. The van der Waals surface area contributed by atoms with Crippen molar-refractivity contribution >= 4 is 0 Å². The highest BCUT2D eigenvalue weighted by Crippen LogP contribution is 2.37. The third-order valence-corrected chi connectivity index (χ3v) is 5.31. The molecule has 164 valence electrons. The van der Waals surface area contributed by atoms with E-state index in [1.54, 1.807) is 32.4 Å². The second-order valence-electron chi connectivity index (χ2n) is 7.13. The Morgan fingerprint density at radius 3 is 2.68 bits per heavy atom. The van der Waals surface area contributed by atoms with Crippen molar-refractivity contribution in [2.24, 2.45) is 0 Å². The predicted octanol–water partition coefficient (Wildman–Crippen LogP) is 4.69. The number of hydrogen-bond acceptors (Lipinski definition) is 7. The summed E-state index contributed by atoms with van der Waals surface area (Å²) in [6.45, 7) is -1.61. The lowest BCUT2D eigenvalue weighted by Gasteiger charge is -2.23. The van der Waals surface area contributed by atoms with Gasteiger partial charge in [-0.1, -0.05) is 23.4 Å². The van der Waals surface area contributed by atoms with Crippen molar-refractivity contribution in [1.29, 1.82) is 0 Å². The molecule has 0 saturated carbocycles. The van der Waals surface area contributed by atoms with Gasteiger partial charge in [0, 0.05) is 6.04 Å². The Bertz CT molecular complexity index is 1030. The zero-order valence-corrected chi connectivity index (χ0v) is 17.3. The molecule has 3 aromatic rings. The Hall–Kier alpha value is -3.20. The van der Waals surface area contributed by atoms with Crippen LogP contribution in [0.5, 0.6) is 17.2 Å². The maximum Gasteiger partial charge on any atom is 0.387 e. The Balaban J connectivity index is 1.52. The molecule has 1 aliphatic rings. The average molecular weight is 431 g/mol. The maximum atomic E-state index is 12.7. The molecule has 1 fully saturated rings. The molecule has 0 aliphatic carbocycles. The Morgan fingerprint density at radius 1 is 1.10 bits per heavy atom. The average Bonchev–Trinajstić information content (AvgIpc) is 3.43. The van der Waals surface area contributed by atoms with E-state index in [0.717, 1.165) is 24.9 Å². The molecule has 0 spiro atoms. The number of alkyl halides is 2. The number of rotatable bonds is 8. The summed E-state index contributed by atoms with van der Waals surface area (Å²) in [5.74, 6) is 2.00. The van der Waals surface area contributed by atoms with Gasteiger partial charge in [-0.15, -0.1) is 0 Å². The highest BCUT2D eigenvalue weighted by atomic mass is 19.3. The van der Waals surface area contributed by atoms with Crippen LogP contribution in [0.3, 0.4) is 0 Å². The van der Waals surface area contributed by atoms with Crippen LogP contribution in [0.25, 0.3) is 11.4 Å². The van der Waals surface area contributed by atoms with Gasteiger partial charge in [0.25, 0.3) is 0 Å². The van der Waals surface area contributed by atoms with Crippen molar-refractivity contribution in [3.05, 3.63) is 53.9 Å². The zero-order chi connectivity index (χ0) is 21.8. The number of para-hydroxylation sites is 1. The lowest BCUT2D eigenvalue weighted by molar-refractivity contribution is -0.0494. The number of hydrogen-bond donors (Lipinski definition) is 0. The van der Waals surface area contributed by atoms with E-state index in [4.69, 9.17) is 14.0 Å². The molecule has 1 aromatic heterocycles. The van der Waals surface area contributed by atoms with E-state index >= 15 is 0 Å². The van der Waals surface area contributed by atoms with Crippen molar-refractivity contribution < 1.29 is 27.5 Å². The minimum absolute atomic E-state index is 0.00854. The summed E-state index contributed by atoms with van der Waals surface area (Å²) in [5, 5.41) is 3.97. The number of nitrogens with zero attached hydrogens (tertiary/aromatic N) is 3. The summed E-state index contributed by atoms with van der Waals surface area (Å²) in [6, 6.07) is 12.5. The molecule has 0 amide bonds. The second-order valence-corrected chi connectivity index (χ2v) is 7.13. The number of benzene rings is 2. The standard InChI is InChI=1S/C22H23F2N3O4/c1-28-18-10-9-14(12-19(18)29-2)16-7-5-11-27(16)13-20-25-21(26-31-20)15-6-3-4-8-17(15)30-22(23)24/h3-4,6,8-10,12,16,22H,5,7,11,13H2,1-2H3. The molecular formula is C22H23F2N3O4.